The van der Waals surface area contributed by atoms with Crippen LogP contribution in [0.25, 0.3) is 0 Å². The molecule has 1 N–H and O–H groups in total. The van der Waals surface area contributed by atoms with Crippen LogP contribution in [0.4, 0.5) is 11.6 Å². The Labute approximate surface area is 233 Å². The number of carbonyl (C=O) groups is 1. The number of carbonyl (C=O) groups excluding carboxylic acids is 1. The molecule has 3 heterocycles. The normalized spacial score (nSPS) is 30.1. The Bertz CT molecular complexity index is 1710. The maximum absolute atomic E-state index is 14.3. The molecule has 0 bridgehead atoms. The van der Waals surface area contributed by atoms with Crippen LogP contribution in [0.1, 0.15) is 23.5 Å². The van der Waals surface area contributed by atoms with Gasteiger partial charge in [-0.15, -0.1) is 0 Å². The van der Waals surface area contributed by atoms with Gasteiger partial charge in [0.1, 0.15) is 5.54 Å². The van der Waals surface area contributed by atoms with Crippen LogP contribution < -0.4 is 10.2 Å². The lowest BCUT2D eigenvalue weighted by atomic mass is 9.92. The van der Waals surface area contributed by atoms with E-state index in [1.807, 2.05) is 0 Å². The minimum Gasteiger partial charge on any atom is -0.314 e. The first kappa shape index (κ1) is 16.7. The van der Waals surface area contributed by atoms with Crippen molar-refractivity contribution in [1.29, 1.82) is 0 Å². The number of benzene rings is 2. The molecule has 1 aromatic heterocycles. The number of imidazole rings is 1. The van der Waals surface area contributed by atoms with Crippen molar-refractivity contribution in [2.24, 2.45) is 0 Å². The lowest BCUT2D eigenvalue weighted by Gasteiger charge is -2.30. The van der Waals surface area contributed by atoms with Crippen molar-refractivity contribution in [3.63, 3.8) is 0 Å². The van der Waals surface area contributed by atoms with Crippen LogP contribution in [0.3, 0.4) is 0 Å². The van der Waals surface area contributed by atoms with Gasteiger partial charge in [-0.1, -0.05) is 51.3 Å². The molecule has 184 valence electrons. The summed E-state index contributed by atoms with van der Waals surface area (Å²) in [5, 5.41) is 1.06. The molecule has 8 nitrogen and oxygen atoms in total. The predicted octanol–water partition coefficient (Wildman–Crippen LogP) is 4.18. The summed E-state index contributed by atoms with van der Waals surface area (Å²) in [7, 11) is -5.49. The molecule has 2 aliphatic heterocycles. The van der Waals surface area contributed by atoms with E-state index in [0.717, 1.165) is 20.1 Å². The molecular weight excluding hydrogens is 577 g/mol. The first-order valence-electron chi connectivity index (χ1n) is 14.1. The third-order valence-corrected chi connectivity index (χ3v) is 8.02. The van der Waals surface area contributed by atoms with E-state index in [0.29, 0.717) is 5.56 Å². The Morgan fingerprint density at radius 1 is 1.14 bits per heavy atom. The Hall–Kier alpha value is -1.95. The van der Waals surface area contributed by atoms with E-state index in [2.05, 4.69) is 20.9 Å². The van der Waals surface area contributed by atoms with Crippen molar-refractivity contribution in [2.45, 2.75) is 23.9 Å². The molecule has 35 heavy (non-hydrogen) atoms. The number of hydrogen-bond acceptors (Lipinski definition) is 5. The summed E-state index contributed by atoms with van der Waals surface area (Å²) in [4.78, 5) is 19.5. The van der Waals surface area contributed by atoms with Crippen LogP contribution >= 0.6 is 39.1 Å². The number of anilines is 2. The smallest absolute Gasteiger partial charge is 0.260 e. The Kier molecular flexibility index (Phi) is 4.38. The van der Waals surface area contributed by atoms with E-state index >= 15 is 0 Å². The van der Waals surface area contributed by atoms with E-state index < -0.39 is 56.8 Å². The fourth-order valence-electron chi connectivity index (χ4n) is 4.04. The number of nitrogens with zero attached hydrogens (tertiary/aromatic N) is 4. The average Bonchev–Trinajstić information content (AvgIpc) is 3.37. The third-order valence-electron chi connectivity index (χ3n) is 5.58. The number of piperazine rings is 1. The number of sulfonamides is 1. The largest absolute Gasteiger partial charge is 0.314 e. The summed E-state index contributed by atoms with van der Waals surface area (Å²) in [6.45, 7) is -12.7. The number of halogens is 3. The van der Waals surface area contributed by atoms with Gasteiger partial charge in [0.15, 0.2) is 5.03 Å². The van der Waals surface area contributed by atoms with Crippen molar-refractivity contribution in [3.05, 3.63) is 68.7 Å². The Balaban J connectivity index is 1.78. The van der Waals surface area contributed by atoms with Gasteiger partial charge in [-0.25, -0.2) is 18.3 Å². The summed E-state index contributed by atoms with van der Waals surface area (Å²) in [6.07, 6.45) is 0.675. The zero-order valence-electron chi connectivity index (χ0n) is 25.9. The maximum atomic E-state index is 14.3. The molecule has 12 heteroatoms. The highest BCUT2D eigenvalue weighted by atomic mass is 79.9. The summed E-state index contributed by atoms with van der Waals surface area (Å²) in [5.41, 5.74) is -1.05. The molecule has 2 aromatic carbocycles. The van der Waals surface area contributed by atoms with Crippen molar-refractivity contribution in [1.82, 2.24) is 19.2 Å². The number of rotatable bonds is 5. The zero-order chi connectivity index (χ0) is 32.1. The summed E-state index contributed by atoms with van der Waals surface area (Å²) < 4.78 is 95.6. The van der Waals surface area contributed by atoms with E-state index in [-0.39, 0.29) is 28.1 Å². The highest BCUT2D eigenvalue weighted by Crippen LogP contribution is 2.44. The quantitative estimate of drug-likeness (QED) is 0.471. The number of nitrogens with one attached hydrogen (secondary N) is 1. The number of fused-ring (bicyclic) bond motifs is 1. The lowest BCUT2D eigenvalue weighted by molar-refractivity contribution is -0.124. The van der Waals surface area contributed by atoms with Gasteiger partial charge in [-0.05, 0) is 42.8 Å². The average molecular weight is 607 g/mol. The summed E-state index contributed by atoms with van der Waals surface area (Å²) in [6, 6.07) is 11.1. The van der Waals surface area contributed by atoms with Gasteiger partial charge < -0.3 is 5.32 Å². The van der Waals surface area contributed by atoms with Crippen LogP contribution in [0.15, 0.2) is 58.2 Å². The molecule has 1 saturated heterocycles. The molecule has 0 saturated carbocycles. The molecular formula is C23H22BrCl2N5O3S. The monoisotopic (exact) mass is 605 g/mol. The number of amides is 1. The lowest BCUT2D eigenvalue weighted by Crippen LogP contribution is -2.48. The molecule has 0 spiro atoms. The predicted molar refractivity (Wildman–Crippen MR) is 139 cm³/mol. The highest BCUT2D eigenvalue weighted by Gasteiger charge is 2.52. The van der Waals surface area contributed by atoms with Crippen molar-refractivity contribution in [2.75, 3.05) is 30.9 Å². The van der Waals surface area contributed by atoms with E-state index in [1.165, 1.54) is 25.1 Å². The number of aromatic nitrogens is 2. The SMILES string of the molecule is [2H]C1([2H])NC([2H])([2H])C([2H])([2H])N(S(=O)(=O)c2cnc3n2[C@](C)(Cc2ccc(Br)cc2)C(=O)N3c2cc(Cl)cc(Cl)c2)C1([2H])[2H]. The summed E-state index contributed by atoms with van der Waals surface area (Å²) in [5.74, 6) is -0.922. The molecule has 0 unspecified atom stereocenters. The molecule has 0 radical (unpaired) electrons. The highest BCUT2D eigenvalue weighted by molar-refractivity contribution is 9.10. The molecule has 1 amide bonds. The first-order chi connectivity index (χ1) is 19.6. The van der Waals surface area contributed by atoms with Gasteiger partial charge in [0.05, 0.1) is 11.9 Å². The van der Waals surface area contributed by atoms with E-state index in [4.69, 9.17) is 34.2 Å². The Morgan fingerprint density at radius 2 is 1.77 bits per heavy atom. The standard InChI is InChI=1S/C23H22BrCl2N5O3S/c1-23(13-15-2-4-16(24)5-3-15)21(32)30(19-11-17(25)10-18(26)12-19)22-28-14-20(31(22)23)35(33,34)29-8-6-27-7-9-29/h2-5,10-12,14,27H,6-9,13H2,1H3/t23-/m1/s1/i6D2,7D2,8D2,9D2. The first-order valence-corrected chi connectivity index (χ1v) is 13.0. The maximum Gasteiger partial charge on any atom is 0.260 e. The molecule has 1 fully saturated rings. The number of hydrogen-bond donors (Lipinski definition) is 1. The second kappa shape index (κ2) is 9.17. The fraction of sp³-hybridized carbons (Fsp3) is 0.304. The second-order valence-electron chi connectivity index (χ2n) is 7.95. The van der Waals surface area contributed by atoms with Gasteiger partial charge in [0.25, 0.3) is 15.9 Å². The molecule has 0 aliphatic carbocycles. The second-order valence-corrected chi connectivity index (χ2v) is 11.5. The van der Waals surface area contributed by atoms with Crippen molar-refractivity contribution < 1.29 is 24.2 Å². The van der Waals surface area contributed by atoms with Crippen LogP contribution in [0.2, 0.25) is 10.0 Å². The zero-order valence-corrected chi connectivity index (χ0v) is 21.8. The van der Waals surface area contributed by atoms with Crippen molar-refractivity contribution >= 4 is 66.7 Å². The third kappa shape index (κ3) is 4.30. The van der Waals surface area contributed by atoms with Gasteiger partial charge in [0, 0.05) is 57.9 Å². The Morgan fingerprint density at radius 3 is 2.40 bits per heavy atom. The topological polar surface area (TPSA) is 87.5 Å². The molecule has 5 rings (SSSR count). The van der Waals surface area contributed by atoms with Crippen LogP contribution in [0.5, 0.6) is 0 Å². The molecule has 2 aliphatic rings. The van der Waals surface area contributed by atoms with Crippen molar-refractivity contribution in [3.8, 4) is 0 Å². The van der Waals surface area contributed by atoms with Gasteiger partial charge in [-0.3, -0.25) is 9.36 Å². The van der Waals surface area contributed by atoms with Gasteiger partial charge in [0.2, 0.25) is 5.95 Å². The van der Waals surface area contributed by atoms with E-state index in [1.54, 1.807) is 29.6 Å². The fourth-order valence-corrected chi connectivity index (χ4v) is 6.04. The van der Waals surface area contributed by atoms with Crippen LogP contribution in [-0.4, -0.2) is 54.2 Å². The summed E-state index contributed by atoms with van der Waals surface area (Å²) >= 11 is 15.7. The molecule has 1 atom stereocenters. The van der Waals surface area contributed by atoms with Crippen LogP contribution in [0, 0.1) is 0 Å². The van der Waals surface area contributed by atoms with Gasteiger partial charge in [-0.2, -0.15) is 4.31 Å². The van der Waals surface area contributed by atoms with Gasteiger partial charge >= 0.3 is 0 Å². The van der Waals surface area contributed by atoms with E-state index in [9.17, 15) is 13.2 Å². The minimum absolute atomic E-state index is 0.112. The minimum atomic E-state index is -5.49. The molecule has 3 aromatic rings. The van der Waals surface area contributed by atoms with Crippen LogP contribution in [-0.2, 0) is 26.8 Å².